The Labute approximate surface area is 131 Å². The predicted octanol–water partition coefficient (Wildman–Crippen LogP) is 2.48. The average molecular weight is 322 g/mol. The third-order valence-corrected chi connectivity index (χ3v) is 6.84. The van der Waals surface area contributed by atoms with Crippen molar-refractivity contribution in [2.24, 2.45) is 0 Å². The van der Waals surface area contributed by atoms with Crippen LogP contribution in [-0.2, 0) is 20.2 Å². The molecular weight excluding hydrogens is 300 g/mol. The molecule has 2 aliphatic rings. The minimum absolute atomic E-state index is 0.0276. The number of nitrogens with one attached hydrogen (secondary N) is 1. The van der Waals surface area contributed by atoms with Crippen molar-refractivity contribution in [1.82, 2.24) is 4.31 Å². The van der Waals surface area contributed by atoms with Crippen molar-refractivity contribution in [1.29, 1.82) is 0 Å². The van der Waals surface area contributed by atoms with Crippen molar-refractivity contribution >= 4 is 21.6 Å². The van der Waals surface area contributed by atoms with Gasteiger partial charge in [0.05, 0.1) is 10.3 Å². The second-order valence-corrected chi connectivity index (χ2v) is 8.64. The van der Waals surface area contributed by atoms with Gasteiger partial charge < -0.3 is 5.32 Å². The summed E-state index contributed by atoms with van der Waals surface area (Å²) in [5.74, 6) is -0.0941. The van der Waals surface area contributed by atoms with Crippen LogP contribution < -0.4 is 5.32 Å². The first-order chi connectivity index (χ1) is 10.2. The van der Waals surface area contributed by atoms with Crippen LogP contribution in [0.2, 0.25) is 0 Å². The Kier molecular flexibility index (Phi) is 3.57. The fraction of sp³-hybridized carbons (Fsp3) is 0.562. The quantitative estimate of drug-likeness (QED) is 0.909. The normalized spacial score (nSPS) is 24.9. The van der Waals surface area contributed by atoms with Gasteiger partial charge in [0, 0.05) is 18.3 Å². The summed E-state index contributed by atoms with van der Waals surface area (Å²) in [6, 6.07) is 4.98. The van der Waals surface area contributed by atoms with Crippen molar-refractivity contribution in [2.75, 3.05) is 11.9 Å². The Morgan fingerprint density at radius 1 is 1.27 bits per heavy atom. The van der Waals surface area contributed by atoms with Crippen molar-refractivity contribution < 1.29 is 13.2 Å². The molecule has 2 heterocycles. The summed E-state index contributed by atoms with van der Waals surface area (Å²) in [5.41, 5.74) is 0.762. The van der Waals surface area contributed by atoms with Crippen molar-refractivity contribution in [3.8, 4) is 0 Å². The Morgan fingerprint density at radius 2 is 2.00 bits per heavy atom. The topological polar surface area (TPSA) is 66.5 Å². The number of piperidine rings is 1. The lowest BCUT2D eigenvalue weighted by Crippen LogP contribution is -2.42. The number of hydrogen-bond donors (Lipinski definition) is 1. The van der Waals surface area contributed by atoms with Crippen molar-refractivity contribution in [3.05, 3.63) is 23.8 Å². The number of anilines is 1. The van der Waals surface area contributed by atoms with E-state index in [9.17, 15) is 13.2 Å². The third-order valence-electron chi connectivity index (χ3n) is 4.83. The molecule has 3 rings (SSSR count). The zero-order valence-electron chi connectivity index (χ0n) is 13.2. The highest BCUT2D eigenvalue weighted by Gasteiger charge is 2.40. The summed E-state index contributed by atoms with van der Waals surface area (Å²) < 4.78 is 27.4. The van der Waals surface area contributed by atoms with Crippen LogP contribution >= 0.6 is 0 Å². The van der Waals surface area contributed by atoms with E-state index in [2.05, 4.69) is 5.32 Å². The molecule has 0 spiro atoms. The van der Waals surface area contributed by atoms with Gasteiger partial charge in [-0.3, -0.25) is 4.79 Å². The largest absolute Gasteiger partial charge is 0.325 e. The number of amides is 1. The molecule has 1 aromatic rings. The summed E-state index contributed by atoms with van der Waals surface area (Å²) in [4.78, 5) is 12.3. The van der Waals surface area contributed by atoms with Crippen LogP contribution in [0, 0.1) is 0 Å². The molecule has 1 aromatic carbocycles. The van der Waals surface area contributed by atoms with Gasteiger partial charge in [-0.2, -0.15) is 4.31 Å². The first-order valence-corrected chi connectivity index (χ1v) is 9.16. The van der Waals surface area contributed by atoms with Crippen molar-refractivity contribution in [2.45, 2.75) is 56.4 Å². The molecule has 6 heteroatoms. The van der Waals surface area contributed by atoms with Gasteiger partial charge in [-0.1, -0.05) is 6.42 Å². The van der Waals surface area contributed by atoms with Crippen LogP contribution in [-0.4, -0.2) is 31.2 Å². The highest BCUT2D eigenvalue weighted by Crippen LogP contribution is 2.39. The van der Waals surface area contributed by atoms with E-state index in [0.717, 1.165) is 24.8 Å². The van der Waals surface area contributed by atoms with Gasteiger partial charge >= 0.3 is 0 Å². The number of sulfonamides is 1. The lowest BCUT2D eigenvalue weighted by Gasteiger charge is -2.32. The molecule has 1 saturated heterocycles. The van der Waals surface area contributed by atoms with Crippen molar-refractivity contribution in [3.63, 3.8) is 0 Å². The van der Waals surface area contributed by atoms with E-state index in [1.165, 1.54) is 0 Å². The number of rotatable bonds is 2. The highest BCUT2D eigenvalue weighted by atomic mass is 32.2. The van der Waals surface area contributed by atoms with E-state index < -0.39 is 15.4 Å². The second-order valence-electron chi connectivity index (χ2n) is 6.75. The van der Waals surface area contributed by atoms with Gasteiger partial charge in [0.2, 0.25) is 15.9 Å². The minimum atomic E-state index is -3.51. The van der Waals surface area contributed by atoms with E-state index in [1.807, 2.05) is 20.8 Å². The first kappa shape index (κ1) is 15.5. The van der Waals surface area contributed by atoms with E-state index in [1.54, 1.807) is 22.5 Å². The number of fused-ring (bicyclic) bond motifs is 1. The fourth-order valence-corrected chi connectivity index (χ4v) is 5.00. The van der Waals surface area contributed by atoms with E-state index in [-0.39, 0.29) is 16.8 Å². The summed E-state index contributed by atoms with van der Waals surface area (Å²) in [7, 11) is -3.51. The molecule has 1 fully saturated rings. The number of nitrogens with zero attached hydrogens (tertiary/aromatic N) is 1. The molecule has 0 aliphatic carbocycles. The van der Waals surface area contributed by atoms with Gasteiger partial charge in [0.1, 0.15) is 0 Å². The Hall–Kier alpha value is -1.40. The second kappa shape index (κ2) is 5.06. The lowest BCUT2D eigenvalue weighted by molar-refractivity contribution is -0.119. The third kappa shape index (κ3) is 2.25. The Morgan fingerprint density at radius 3 is 2.68 bits per heavy atom. The van der Waals surface area contributed by atoms with Gasteiger partial charge in [0.25, 0.3) is 0 Å². The van der Waals surface area contributed by atoms with Crippen LogP contribution in [0.25, 0.3) is 0 Å². The maximum atomic E-state index is 12.9. The van der Waals surface area contributed by atoms with Gasteiger partial charge in [-0.05, 0) is 57.4 Å². The smallest absolute Gasteiger partial charge is 0.243 e. The minimum Gasteiger partial charge on any atom is -0.325 e. The molecule has 1 N–H and O–H groups in total. The predicted molar refractivity (Wildman–Crippen MR) is 85.3 cm³/mol. The van der Waals surface area contributed by atoms with Crippen LogP contribution in [0.15, 0.2) is 23.1 Å². The summed E-state index contributed by atoms with van der Waals surface area (Å²) in [5, 5.41) is 2.81. The molecule has 120 valence electrons. The average Bonchev–Trinajstić information content (AvgIpc) is 2.69. The first-order valence-electron chi connectivity index (χ1n) is 7.72. The molecule has 1 unspecified atom stereocenters. The Balaban J connectivity index is 2.03. The van der Waals surface area contributed by atoms with Gasteiger partial charge in [-0.25, -0.2) is 8.42 Å². The fourth-order valence-electron chi connectivity index (χ4n) is 3.28. The molecule has 1 atom stereocenters. The number of carbonyl (C=O) groups excluding carboxylic acids is 1. The summed E-state index contributed by atoms with van der Waals surface area (Å²) in [6.07, 6.45) is 2.87. The number of carbonyl (C=O) groups is 1. The maximum absolute atomic E-state index is 12.9. The molecule has 2 aliphatic heterocycles. The zero-order chi connectivity index (χ0) is 16.1. The maximum Gasteiger partial charge on any atom is 0.243 e. The molecule has 0 bridgehead atoms. The lowest BCUT2D eigenvalue weighted by atomic mass is 9.86. The summed E-state index contributed by atoms with van der Waals surface area (Å²) >= 11 is 0. The highest BCUT2D eigenvalue weighted by molar-refractivity contribution is 7.89. The van der Waals surface area contributed by atoms with Gasteiger partial charge in [0.15, 0.2) is 0 Å². The molecule has 5 nitrogen and oxygen atoms in total. The number of hydrogen-bond acceptors (Lipinski definition) is 3. The molecule has 1 amide bonds. The standard InChI is InChI=1S/C16H22N2O3S/c1-11-6-4-5-9-18(11)22(20,21)12-7-8-14-13(10-12)16(2,3)15(19)17-14/h7-8,10-11H,4-6,9H2,1-3H3,(H,17,19). The monoisotopic (exact) mass is 322 g/mol. The number of benzene rings is 1. The van der Waals surface area contributed by atoms with E-state index in [0.29, 0.717) is 12.2 Å². The van der Waals surface area contributed by atoms with Crippen LogP contribution in [0.1, 0.15) is 45.6 Å². The zero-order valence-corrected chi connectivity index (χ0v) is 14.0. The summed E-state index contributed by atoms with van der Waals surface area (Å²) in [6.45, 7) is 6.16. The van der Waals surface area contributed by atoms with E-state index >= 15 is 0 Å². The van der Waals surface area contributed by atoms with Crippen LogP contribution in [0.3, 0.4) is 0 Å². The molecule has 0 radical (unpaired) electrons. The van der Waals surface area contributed by atoms with Gasteiger partial charge in [-0.15, -0.1) is 0 Å². The van der Waals surface area contributed by atoms with E-state index in [4.69, 9.17) is 0 Å². The van der Waals surface area contributed by atoms with Crippen LogP contribution in [0.5, 0.6) is 0 Å². The molecule has 0 aromatic heterocycles. The Bertz CT molecular complexity index is 725. The van der Waals surface area contributed by atoms with Crippen LogP contribution in [0.4, 0.5) is 5.69 Å². The molecular formula is C16H22N2O3S. The molecule has 22 heavy (non-hydrogen) atoms. The SMILES string of the molecule is CC1CCCCN1S(=O)(=O)c1ccc2c(c1)C(C)(C)C(=O)N2. The molecule has 0 saturated carbocycles.